The summed E-state index contributed by atoms with van der Waals surface area (Å²) in [6.45, 7) is 4.14. The fraction of sp³-hybridized carbons (Fsp3) is 0.778. The third-order valence-corrected chi connectivity index (χ3v) is 2.82. The lowest BCUT2D eigenvalue weighted by molar-refractivity contribution is -0.141. The Balaban J connectivity index is 2.82. The summed E-state index contributed by atoms with van der Waals surface area (Å²) < 4.78 is 0. The Morgan fingerprint density at radius 3 is 2.33 bits per heavy atom. The number of ketones is 1. The molecular weight excluding hydrogens is 154 g/mol. The van der Waals surface area contributed by atoms with E-state index in [4.69, 9.17) is 0 Å². The summed E-state index contributed by atoms with van der Waals surface area (Å²) in [7, 11) is 0. The predicted molar refractivity (Wildman–Crippen MR) is 45.6 cm³/mol. The monoisotopic (exact) mass is 169 g/mol. The van der Waals surface area contributed by atoms with Crippen LogP contribution < -0.4 is 5.32 Å². The zero-order valence-corrected chi connectivity index (χ0v) is 7.64. The molecule has 0 bridgehead atoms. The van der Waals surface area contributed by atoms with E-state index in [2.05, 4.69) is 5.32 Å². The Labute approximate surface area is 72.5 Å². The number of hydrogen-bond donors (Lipinski definition) is 1. The topological polar surface area (TPSA) is 46.2 Å². The molecule has 0 radical (unpaired) electrons. The third kappa shape index (κ3) is 1.36. The van der Waals surface area contributed by atoms with Gasteiger partial charge in [-0.25, -0.2) is 0 Å². The molecule has 1 saturated heterocycles. The van der Waals surface area contributed by atoms with Crippen LogP contribution in [-0.2, 0) is 9.59 Å². The molecule has 1 fully saturated rings. The van der Waals surface area contributed by atoms with Crippen molar-refractivity contribution >= 4 is 11.7 Å². The van der Waals surface area contributed by atoms with Gasteiger partial charge in [-0.05, 0) is 12.8 Å². The SMILES string of the molecule is CCC1(CC)CC(=O)CNC1=O. The molecule has 1 aliphatic rings. The highest BCUT2D eigenvalue weighted by Gasteiger charge is 2.39. The molecule has 12 heavy (non-hydrogen) atoms. The minimum atomic E-state index is -0.407. The van der Waals surface area contributed by atoms with Crippen LogP contribution in [0.25, 0.3) is 0 Å². The Morgan fingerprint density at radius 1 is 1.33 bits per heavy atom. The summed E-state index contributed by atoms with van der Waals surface area (Å²) in [5, 5.41) is 2.64. The van der Waals surface area contributed by atoms with Gasteiger partial charge in [0.05, 0.1) is 12.0 Å². The van der Waals surface area contributed by atoms with Crippen molar-refractivity contribution in [2.75, 3.05) is 6.54 Å². The summed E-state index contributed by atoms with van der Waals surface area (Å²) in [6, 6.07) is 0. The quantitative estimate of drug-likeness (QED) is 0.667. The molecule has 0 aliphatic carbocycles. The highest BCUT2D eigenvalue weighted by atomic mass is 16.2. The van der Waals surface area contributed by atoms with Gasteiger partial charge >= 0.3 is 0 Å². The van der Waals surface area contributed by atoms with E-state index in [-0.39, 0.29) is 18.2 Å². The number of amides is 1. The highest BCUT2D eigenvalue weighted by Crippen LogP contribution is 2.32. The van der Waals surface area contributed by atoms with Gasteiger partial charge in [0.2, 0.25) is 5.91 Å². The molecule has 3 heteroatoms. The maximum atomic E-state index is 11.5. The lowest BCUT2D eigenvalue weighted by atomic mass is 9.75. The first kappa shape index (κ1) is 9.23. The Kier molecular flexibility index (Phi) is 2.50. The van der Waals surface area contributed by atoms with Crippen molar-refractivity contribution < 1.29 is 9.59 Å². The van der Waals surface area contributed by atoms with Crippen molar-refractivity contribution in [2.45, 2.75) is 33.1 Å². The standard InChI is InChI=1S/C9H15NO2/c1-3-9(4-2)5-7(11)6-10-8(9)12/h3-6H2,1-2H3,(H,10,12). The first-order valence-corrected chi connectivity index (χ1v) is 4.44. The van der Waals surface area contributed by atoms with Gasteiger partial charge in [0, 0.05) is 6.42 Å². The predicted octanol–water partition coefficient (Wildman–Crippen LogP) is 0.882. The summed E-state index contributed by atoms with van der Waals surface area (Å²) in [5.41, 5.74) is -0.407. The maximum absolute atomic E-state index is 11.5. The highest BCUT2D eigenvalue weighted by molar-refractivity contribution is 5.96. The normalized spacial score (nSPS) is 22.2. The van der Waals surface area contributed by atoms with E-state index < -0.39 is 5.41 Å². The lowest BCUT2D eigenvalue weighted by Gasteiger charge is -2.33. The molecule has 0 spiro atoms. The van der Waals surface area contributed by atoms with E-state index >= 15 is 0 Å². The second-order valence-electron chi connectivity index (χ2n) is 3.39. The second kappa shape index (κ2) is 3.25. The molecule has 0 aromatic carbocycles. The van der Waals surface area contributed by atoms with Crippen LogP contribution in [-0.4, -0.2) is 18.2 Å². The molecule has 0 aromatic heterocycles. The van der Waals surface area contributed by atoms with Crippen LogP contribution >= 0.6 is 0 Å². The van der Waals surface area contributed by atoms with E-state index in [1.54, 1.807) is 0 Å². The van der Waals surface area contributed by atoms with Crippen LogP contribution in [0.2, 0.25) is 0 Å². The molecular formula is C9H15NO2. The number of hydrogen-bond acceptors (Lipinski definition) is 2. The number of carbonyl (C=O) groups is 2. The summed E-state index contributed by atoms with van der Waals surface area (Å²) in [6.07, 6.45) is 1.92. The number of Topliss-reactive ketones (excluding diaryl/α,β-unsaturated/α-hetero) is 1. The second-order valence-corrected chi connectivity index (χ2v) is 3.39. The smallest absolute Gasteiger partial charge is 0.227 e. The molecule has 0 saturated carbocycles. The van der Waals surface area contributed by atoms with Crippen molar-refractivity contribution in [3.8, 4) is 0 Å². The van der Waals surface area contributed by atoms with E-state index in [9.17, 15) is 9.59 Å². The molecule has 0 atom stereocenters. The van der Waals surface area contributed by atoms with Crippen molar-refractivity contribution in [2.24, 2.45) is 5.41 Å². The van der Waals surface area contributed by atoms with Gasteiger partial charge in [-0.15, -0.1) is 0 Å². The van der Waals surface area contributed by atoms with Gasteiger partial charge in [-0.3, -0.25) is 9.59 Å². The molecule has 0 unspecified atom stereocenters. The fourth-order valence-corrected chi connectivity index (χ4v) is 1.71. The minimum absolute atomic E-state index is 0.0482. The molecule has 1 aliphatic heterocycles. The van der Waals surface area contributed by atoms with Gasteiger partial charge in [-0.1, -0.05) is 13.8 Å². The van der Waals surface area contributed by atoms with Crippen molar-refractivity contribution in [3.63, 3.8) is 0 Å². The number of rotatable bonds is 2. The van der Waals surface area contributed by atoms with Crippen molar-refractivity contribution in [3.05, 3.63) is 0 Å². The number of nitrogens with one attached hydrogen (secondary N) is 1. The van der Waals surface area contributed by atoms with Crippen LogP contribution in [0.5, 0.6) is 0 Å². The molecule has 1 rings (SSSR count). The van der Waals surface area contributed by atoms with Gasteiger partial charge in [-0.2, -0.15) is 0 Å². The molecule has 1 heterocycles. The molecule has 3 nitrogen and oxygen atoms in total. The summed E-state index contributed by atoms with van der Waals surface area (Å²) in [4.78, 5) is 22.6. The third-order valence-electron chi connectivity index (χ3n) is 2.82. The van der Waals surface area contributed by atoms with Crippen molar-refractivity contribution in [1.29, 1.82) is 0 Å². The summed E-state index contributed by atoms with van der Waals surface area (Å²) >= 11 is 0. The maximum Gasteiger partial charge on any atom is 0.227 e. The molecule has 1 amide bonds. The Morgan fingerprint density at radius 2 is 1.92 bits per heavy atom. The van der Waals surface area contributed by atoms with E-state index in [1.165, 1.54) is 0 Å². The van der Waals surface area contributed by atoms with Crippen LogP contribution in [0, 0.1) is 5.41 Å². The van der Waals surface area contributed by atoms with E-state index in [1.807, 2.05) is 13.8 Å². The van der Waals surface area contributed by atoms with Gasteiger partial charge in [0.25, 0.3) is 0 Å². The van der Waals surface area contributed by atoms with Crippen molar-refractivity contribution in [1.82, 2.24) is 5.32 Å². The van der Waals surface area contributed by atoms with Gasteiger partial charge < -0.3 is 5.32 Å². The number of piperidine rings is 1. The average molecular weight is 169 g/mol. The Bertz CT molecular complexity index is 207. The molecule has 68 valence electrons. The van der Waals surface area contributed by atoms with Crippen LogP contribution in [0.15, 0.2) is 0 Å². The Hall–Kier alpha value is -0.860. The molecule has 0 aromatic rings. The lowest BCUT2D eigenvalue weighted by Crippen LogP contribution is -2.49. The fourth-order valence-electron chi connectivity index (χ4n) is 1.71. The average Bonchev–Trinajstić information content (AvgIpc) is 2.09. The molecule has 1 N–H and O–H groups in total. The summed E-state index contributed by atoms with van der Waals surface area (Å²) in [5.74, 6) is 0.199. The minimum Gasteiger partial charge on any atom is -0.349 e. The van der Waals surface area contributed by atoms with Gasteiger partial charge in [0.15, 0.2) is 5.78 Å². The first-order valence-electron chi connectivity index (χ1n) is 4.44. The van der Waals surface area contributed by atoms with Gasteiger partial charge in [0.1, 0.15) is 0 Å². The van der Waals surface area contributed by atoms with E-state index in [0.717, 1.165) is 12.8 Å². The first-order chi connectivity index (χ1) is 5.64. The largest absolute Gasteiger partial charge is 0.349 e. The zero-order chi connectivity index (χ0) is 9.19. The van der Waals surface area contributed by atoms with Crippen LogP contribution in [0.1, 0.15) is 33.1 Å². The van der Waals surface area contributed by atoms with Crippen LogP contribution in [0.4, 0.5) is 0 Å². The van der Waals surface area contributed by atoms with E-state index in [0.29, 0.717) is 6.42 Å². The van der Waals surface area contributed by atoms with Crippen LogP contribution in [0.3, 0.4) is 0 Å². The zero-order valence-electron chi connectivity index (χ0n) is 7.64. The number of carbonyl (C=O) groups excluding carboxylic acids is 2.